The largest absolute Gasteiger partial charge is 0.497 e. The molecule has 4 rings (SSSR count). The summed E-state index contributed by atoms with van der Waals surface area (Å²) in [6, 6.07) is 9.94. The second-order valence-electron chi connectivity index (χ2n) is 6.93. The number of fused-ring (bicyclic) bond motifs is 1. The minimum atomic E-state index is -0.152. The predicted octanol–water partition coefficient (Wildman–Crippen LogP) is 3.76. The molecule has 2 aromatic heterocycles. The highest BCUT2D eigenvalue weighted by atomic mass is 16.5. The SMILES string of the molecule is CCC1CCCCN1c1nc2nccc(-c3cccc(OC)c3)c2c(=O)[nH]1. The van der Waals surface area contributed by atoms with E-state index < -0.39 is 0 Å². The predicted molar refractivity (Wildman–Crippen MR) is 107 cm³/mol. The highest BCUT2D eigenvalue weighted by Gasteiger charge is 2.24. The van der Waals surface area contributed by atoms with Crippen LogP contribution < -0.4 is 15.2 Å². The molecule has 0 aliphatic carbocycles. The van der Waals surface area contributed by atoms with Crippen LogP contribution >= 0.6 is 0 Å². The number of nitrogens with zero attached hydrogens (tertiary/aromatic N) is 3. The smallest absolute Gasteiger partial charge is 0.262 e. The fourth-order valence-electron chi connectivity index (χ4n) is 3.92. The van der Waals surface area contributed by atoms with Crippen LogP contribution in [0.2, 0.25) is 0 Å². The van der Waals surface area contributed by atoms with Gasteiger partial charge in [0.15, 0.2) is 5.65 Å². The Labute approximate surface area is 158 Å². The lowest BCUT2D eigenvalue weighted by atomic mass is 10.0. The molecule has 1 fully saturated rings. The van der Waals surface area contributed by atoms with Crippen LogP contribution in [0.25, 0.3) is 22.2 Å². The number of hydrogen-bond acceptors (Lipinski definition) is 5. The van der Waals surface area contributed by atoms with Crippen molar-refractivity contribution in [1.82, 2.24) is 15.0 Å². The van der Waals surface area contributed by atoms with Crippen LogP contribution in [-0.4, -0.2) is 34.6 Å². The van der Waals surface area contributed by atoms with Gasteiger partial charge in [0.05, 0.1) is 12.5 Å². The molecule has 1 N–H and O–H groups in total. The quantitative estimate of drug-likeness (QED) is 0.763. The third-order valence-electron chi connectivity index (χ3n) is 5.35. The van der Waals surface area contributed by atoms with Crippen molar-refractivity contribution in [1.29, 1.82) is 0 Å². The number of ether oxygens (including phenoxy) is 1. The van der Waals surface area contributed by atoms with E-state index in [1.807, 2.05) is 30.3 Å². The first kappa shape index (κ1) is 17.5. The molecular formula is C21H24N4O2. The van der Waals surface area contributed by atoms with Gasteiger partial charge in [-0.05, 0) is 55.0 Å². The van der Waals surface area contributed by atoms with Crippen LogP contribution in [0.4, 0.5) is 5.95 Å². The standard InChI is InChI=1S/C21H24N4O2/c1-3-15-8-4-5-12-25(15)21-23-19-18(20(26)24-21)17(10-11-22-19)14-7-6-9-16(13-14)27-2/h6-7,9-11,13,15H,3-5,8,12H2,1-2H3,(H,22,23,24,26). The second-order valence-corrected chi connectivity index (χ2v) is 6.93. The molecule has 0 radical (unpaired) electrons. The van der Waals surface area contributed by atoms with E-state index >= 15 is 0 Å². The summed E-state index contributed by atoms with van der Waals surface area (Å²) in [5, 5.41) is 0.513. The summed E-state index contributed by atoms with van der Waals surface area (Å²) in [4.78, 5) is 27.3. The minimum absolute atomic E-state index is 0.152. The van der Waals surface area contributed by atoms with Crippen molar-refractivity contribution < 1.29 is 4.74 Å². The minimum Gasteiger partial charge on any atom is -0.497 e. The summed E-state index contributed by atoms with van der Waals surface area (Å²) in [5.74, 6) is 1.38. The van der Waals surface area contributed by atoms with Gasteiger partial charge in [0.2, 0.25) is 5.95 Å². The van der Waals surface area contributed by atoms with Gasteiger partial charge in [0, 0.05) is 18.8 Å². The molecule has 0 amide bonds. The molecule has 1 aliphatic rings. The van der Waals surface area contributed by atoms with E-state index in [4.69, 9.17) is 9.72 Å². The lowest BCUT2D eigenvalue weighted by Crippen LogP contribution is -2.41. The number of pyridine rings is 1. The Morgan fingerprint density at radius 1 is 1.30 bits per heavy atom. The third-order valence-corrected chi connectivity index (χ3v) is 5.35. The van der Waals surface area contributed by atoms with Crippen molar-refractivity contribution in [2.24, 2.45) is 0 Å². The van der Waals surface area contributed by atoms with Gasteiger partial charge in [-0.25, -0.2) is 4.98 Å². The van der Waals surface area contributed by atoms with Crippen molar-refractivity contribution in [2.45, 2.75) is 38.6 Å². The molecule has 6 nitrogen and oxygen atoms in total. The van der Waals surface area contributed by atoms with Gasteiger partial charge in [0.25, 0.3) is 5.56 Å². The van der Waals surface area contributed by atoms with Crippen molar-refractivity contribution in [3.63, 3.8) is 0 Å². The Bertz CT molecular complexity index is 1010. The van der Waals surface area contributed by atoms with Crippen LogP contribution in [0.3, 0.4) is 0 Å². The summed E-state index contributed by atoms with van der Waals surface area (Å²) < 4.78 is 5.32. The van der Waals surface area contributed by atoms with E-state index in [2.05, 4.69) is 21.8 Å². The molecule has 0 bridgehead atoms. The number of methoxy groups -OCH3 is 1. The van der Waals surface area contributed by atoms with Crippen LogP contribution in [0.15, 0.2) is 41.3 Å². The summed E-state index contributed by atoms with van der Waals surface area (Å²) in [5.41, 5.74) is 2.05. The lowest BCUT2D eigenvalue weighted by molar-refractivity contribution is 0.415. The van der Waals surface area contributed by atoms with E-state index in [1.165, 1.54) is 6.42 Å². The van der Waals surface area contributed by atoms with Gasteiger partial charge in [-0.1, -0.05) is 19.1 Å². The first-order valence-corrected chi connectivity index (χ1v) is 9.51. The molecule has 1 aromatic carbocycles. The fraction of sp³-hybridized carbons (Fsp3) is 0.381. The van der Waals surface area contributed by atoms with Crippen molar-refractivity contribution in [3.8, 4) is 16.9 Å². The van der Waals surface area contributed by atoms with Gasteiger partial charge in [-0.15, -0.1) is 0 Å². The summed E-state index contributed by atoms with van der Waals surface area (Å²) in [6.45, 7) is 3.10. The molecule has 27 heavy (non-hydrogen) atoms. The lowest BCUT2D eigenvalue weighted by Gasteiger charge is -2.35. The van der Waals surface area contributed by atoms with Crippen molar-refractivity contribution in [3.05, 3.63) is 46.9 Å². The maximum absolute atomic E-state index is 13.0. The van der Waals surface area contributed by atoms with E-state index in [0.717, 1.165) is 42.7 Å². The number of benzene rings is 1. The average molecular weight is 364 g/mol. The number of anilines is 1. The highest BCUT2D eigenvalue weighted by Crippen LogP contribution is 2.29. The molecule has 3 heterocycles. The number of piperidine rings is 1. The Kier molecular flexibility index (Phi) is 4.79. The zero-order valence-electron chi connectivity index (χ0n) is 15.7. The molecule has 0 saturated carbocycles. The van der Waals surface area contributed by atoms with E-state index in [9.17, 15) is 4.79 Å². The molecular weight excluding hydrogens is 340 g/mol. The van der Waals surface area contributed by atoms with Crippen molar-refractivity contribution in [2.75, 3.05) is 18.6 Å². The van der Waals surface area contributed by atoms with Crippen LogP contribution in [0.1, 0.15) is 32.6 Å². The number of hydrogen-bond donors (Lipinski definition) is 1. The number of aromatic nitrogens is 3. The van der Waals surface area contributed by atoms with Gasteiger partial charge in [0.1, 0.15) is 5.75 Å². The topological polar surface area (TPSA) is 71.1 Å². The normalized spacial score (nSPS) is 17.3. The molecule has 1 atom stereocenters. The summed E-state index contributed by atoms with van der Waals surface area (Å²) >= 11 is 0. The Hall–Kier alpha value is -2.89. The van der Waals surface area contributed by atoms with Crippen LogP contribution in [-0.2, 0) is 0 Å². The van der Waals surface area contributed by atoms with Gasteiger partial charge < -0.3 is 9.64 Å². The number of H-pyrrole nitrogens is 1. The third kappa shape index (κ3) is 3.27. The molecule has 1 aliphatic heterocycles. The summed E-state index contributed by atoms with van der Waals surface area (Å²) in [7, 11) is 1.63. The monoisotopic (exact) mass is 364 g/mol. The molecule has 1 saturated heterocycles. The first-order valence-electron chi connectivity index (χ1n) is 9.51. The number of aromatic amines is 1. The molecule has 140 valence electrons. The van der Waals surface area contributed by atoms with Crippen molar-refractivity contribution >= 4 is 17.0 Å². The molecule has 0 spiro atoms. The maximum Gasteiger partial charge on any atom is 0.262 e. The van der Waals surface area contributed by atoms with E-state index in [1.54, 1.807) is 13.3 Å². The second kappa shape index (κ2) is 7.39. The maximum atomic E-state index is 13.0. The summed E-state index contributed by atoms with van der Waals surface area (Å²) in [6.07, 6.45) is 6.23. The average Bonchev–Trinajstić information content (AvgIpc) is 2.73. The number of nitrogens with one attached hydrogen (secondary N) is 1. The zero-order valence-corrected chi connectivity index (χ0v) is 15.7. The van der Waals surface area contributed by atoms with E-state index in [-0.39, 0.29) is 5.56 Å². The van der Waals surface area contributed by atoms with Crippen LogP contribution in [0, 0.1) is 0 Å². The van der Waals surface area contributed by atoms with Gasteiger partial charge >= 0.3 is 0 Å². The highest BCUT2D eigenvalue weighted by molar-refractivity contribution is 5.92. The molecule has 1 unspecified atom stereocenters. The first-order chi connectivity index (χ1) is 13.2. The molecule has 6 heteroatoms. The van der Waals surface area contributed by atoms with Gasteiger partial charge in [-0.3, -0.25) is 9.78 Å². The van der Waals surface area contributed by atoms with E-state index in [0.29, 0.717) is 23.0 Å². The van der Waals surface area contributed by atoms with Gasteiger partial charge in [-0.2, -0.15) is 4.98 Å². The Morgan fingerprint density at radius 3 is 3.00 bits per heavy atom. The van der Waals surface area contributed by atoms with Crippen LogP contribution in [0.5, 0.6) is 5.75 Å². The Balaban J connectivity index is 1.84. The Morgan fingerprint density at radius 2 is 2.19 bits per heavy atom. The fourth-order valence-corrected chi connectivity index (χ4v) is 3.92. The number of rotatable bonds is 4. The zero-order chi connectivity index (χ0) is 18.8. The molecule has 3 aromatic rings.